The van der Waals surface area contributed by atoms with Crippen LogP contribution in [0.25, 0.3) is 0 Å². The average molecular weight is 470 g/mol. The van der Waals surface area contributed by atoms with E-state index < -0.39 is 12.0 Å². The van der Waals surface area contributed by atoms with E-state index in [1.54, 1.807) is 0 Å². The number of hydrogen-bond donors (Lipinski definition) is 2. The summed E-state index contributed by atoms with van der Waals surface area (Å²) in [5, 5.41) is 12.7. The number of carboxylic acids is 1. The summed E-state index contributed by atoms with van der Waals surface area (Å²) in [5.74, 6) is -0.384. The Morgan fingerprint density at radius 1 is 0.882 bits per heavy atom. The fourth-order valence-corrected chi connectivity index (χ4v) is 6.29. The fraction of sp³-hybridized carbons (Fsp3) is 0.733. The average Bonchev–Trinajstić information content (AvgIpc) is 3.30. The van der Waals surface area contributed by atoms with Crippen LogP contribution < -0.4 is 5.32 Å². The fourth-order valence-electron chi connectivity index (χ4n) is 6.29. The molecule has 0 aromatic heterocycles. The smallest absolute Gasteiger partial charge is 0.326 e. The van der Waals surface area contributed by atoms with E-state index in [0.29, 0.717) is 12.3 Å². The zero-order chi connectivity index (χ0) is 24.2. The van der Waals surface area contributed by atoms with Crippen molar-refractivity contribution >= 4 is 11.9 Å². The summed E-state index contributed by atoms with van der Waals surface area (Å²) < 4.78 is 0. The van der Waals surface area contributed by atoms with Gasteiger partial charge in [0.05, 0.1) is 0 Å². The maximum atomic E-state index is 13.1. The molecule has 3 rings (SSSR count). The van der Waals surface area contributed by atoms with Gasteiger partial charge in [0, 0.05) is 11.8 Å². The van der Waals surface area contributed by atoms with Gasteiger partial charge in [-0.2, -0.15) is 0 Å². The van der Waals surface area contributed by atoms with Gasteiger partial charge < -0.3 is 10.4 Å². The lowest BCUT2D eigenvalue weighted by Gasteiger charge is -2.29. The highest BCUT2D eigenvalue weighted by molar-refractivity contribution is 5.87. The van der Waals surface area contributed by atoms with E-state index in [2.05, 4.69) is 36.5 Å². The quantitative estimate of drug-likeness (QED) is 0.413. The molecule has 190 valence electrons. The molecule has 2 fully saturated rings. The minimum atomic E-state index is -0.943. The number of amides is 1. The largest absolute Gasteiger partial charge is 0.480 e. The Morgan fingerprint density at radius 2 is 1.41 bits per heavy atom. The summed E-state index contributed by atoms with van der Waals surface area (Å²) in [6.45, 7) is 2.10. The normalized spacial score (nSPS) is 21.2. The number of carbonyl (C=O) groups is 2. The van der Waals surface area contributed by atoms with Crippen molar-refractivity contribution in [1.29, 1.82) is 0 Å². The van der Waals surface area contributed by atoms with Crippen LogP contribution in [0.5, 0.6) is 0 Å². The van der Waals surface area contributed by atoms with Crippen molar-refractivity contribution in [3.05, 3.63) is 35.4 Å². The molecule has 34 heavy (non-hydrogen) atoms. The van der Waals surface area contributed by atoms with E-state index >= 15 is 0 Å². The van der Waals surface area contributed by atoms with E-state index in [9.17, 15) is 14.7 Å². The standard InChI is InChI=1S/C30H47NO3/c1-2-20-30(21-12-13-22-30)29(34)31-27(28(32)33)23-24-16-18-26(19-17-24)25-14-10-8-6-4-3-5-7-9-11-15-25/h16-19,25,27H,2-15,20-23H2,1H3,(H,31,34)(H,32,33). The molecule has 1 aromatic carbocycles. The molecule has 1 atom stereocenters. The lowest BCUT2D eigenvalue weighted by atomic mass is 9.80. The van der Waals surface area contributed by atoms with Gasteiger partial charge in [-0.15, -0.1) is 0 Å². The van der Waals surface area contributed by atoms with E-state index in [1.165, 1.54) is 76.2 Å². The molecule has 1 unspecified atom stereocenters. The molecule has 2 aliphatic rings. The van der Waals surface area contributed by atoms with Gasteiger partial charge in [-0.1, -0.05) is 108 Å². The highest BCUT2D eigenvalue weighted by Gasteiger charge is 2.41. The summed E-state index contributed by atoms with van der Waals surface area (Å²) in [6.07, 6.45) is 20.8. The van der Waals surface area contributed by atoms with Crippen LogP contribution in [0, 0.1) is 5.41 Å². The molecule has 4 nitrogen and oxygen atoms in total. The minimum absolute atomic E-state index is 0.0518. The Morgan fingerprint density at radius 3 is 1.91 bits per heavy atom. The molecule has 0 bridgehead atoms. The van der Waals surface area contributed by atoms with Crippen molar-refractivity contribution in [2.24, 2.45) is 5.41 Å². The summed E-state index contributed by atoms with van der Waals surface area (Å²) >= 11 is 0. The third-order valence-electron chi connectivity index (χ3n) is 8.37. The molecule has 0 aliphatic heterocycles. The van der Waals surface area contributed by atoms with Crippen LogP contribution in [-0.2, 0) is 16.0 Å². The van der Waals surface area contributed by atoms with Crippen LogP contribution in [-0.4, -0.2) is 23.0 Å². The van der Waals surface area contributed by atoms with Gasteiger partial charge in [-0.05, 0) is 49.1 Å². The van der Waals surface area contributed by atoms with Gasteiger partial charge in [-0.25, -0.2) is 4.79 Å². The van der Waals surface area contributed by atoms with E-state index in [1.807, 2.05) is 0 Å². The highest BCUT2D eigenvalue weighted by Crippen LogP contribution is 2.42. The summed E-state index contributed by atoms with van der Waals surface area (Å²) in [4.78, 5) is 25.1. The minimum Gasteiger partial charge on any atom is -0.480 e. The maximum Gasteiger partial charge on any atom is 0.326 e. The van der Waals surface area contributed by atoms with Gasteiger partial charge in [0.1, 0.15) is 6.04 Å². The molecule has 1 aromatic rings. The number of carbonyl (C=O) groups excluding carboxylic acids is 1. The zero-order valence-corrected chi connectivity index (χ0v) is 21.5. The molecule has 1 amide bonds. The van der Waals surface area contributed by atoms with E-state index in [4.69, 9.17) is 0 Å². The SMILES string of the molecule is CCCC1(C(=O)NC(Cc2ccc(C3CCCCCCCCCCC3)cc2)C(=O)O)CCCC1. The van der Waals surface area contributed by atoms with Crippen LogP contribution in [0.4, 0.5) is 0 Å². The molecular weight excluding hydrogens is 422 g/mol. The molecule has 4 heteroatoms. The molecule has 0 saturated heterocycles. The van der Waals surface area contributed by atoms with Crippen molar-refractivity contribution in [3.63, 3.8) is 0 Å². The lowest BCUT2D eigenvalue weighted by Crippen LogP contribution is -2.48. The van der Waals surface area contributed by atoms with Gasteiger partial charge in [-0.3, -0.25) is 4.79 Å². The first kappa shape index (κ1) is 26.8. The van der Waals surface area contributed by atoms with E-state index in [-0.39, 0.29) is 11.3 Å². The van der Waals surface area contributed by atoms with Crippen molar-refractivity contribution in [1.82, 2.24) is 5.32 Å². The molecule has 2 N–H and O–H groups in total. The Hall–Kier alpha value is -1.84. The highest BCUT2D eigenvalue weighted by atomic mass is 16.4. The van der Waals surface area contributed by atoms with Crippen molar-refractivity contribution < 1.29 is 14.7 Å². The number of rotatable bonds is 8. The summed E-state index contributed by atoms with van der Waals surface area (Å²) in [6, 6.07) is 7.73. The molecule has 2 aliphatic carbocycles. The Labute approximate surface area is 207 Å². The van der Waals surface area contributed by atoms with Crippen LogP contribution in [0.1, 0.15) is 133 Å². The van der Waals surface area contributed by atoms with Gasteiger partial charge in [0.25, 0.3) is 0 Å². The Balaban J connectivity index is 1.61. The number of hydrogen-bond acceptors (Lipinski definition) is 2. The molecule has 0 radical (unpaired) electrons. The third kappa shape index (κ3) is 7.85. The van der Waals surface area contributed by atoms with Crippen LogP contribution in [0.2, 0.25) is 0 Å². The van der Waals surface area contributed by atoms with Gasteiger partial charge in [0.15, 0.2) is 0 Å². The second kappa shape index (κ2) is 13.9. The Kier molecular flexibility index (Phi) is 10.9. The lowest BCUT2D eigenvalue weighted by molar-refractivity contribution is -0.144. The second-order valence-corrected chi connectivity index (χ2v) is 11.0. The predicted molar refractivity (Wildman–Crippen MR) is 139 cm³/mol. The first-order chi connectivity index (χ1) is 16.5. The predicted octanol–water partition coefficient (Wildman–Crippen LogP) is 7.55. The summed E-state index contributed by atoms with van der Waals surface area (Å²) in [7, 11) is 0. The molecular formula is C30H47NO3. The number of benzene rings is 1. The van der Waals surface area contributed by atoms with Crippen molar-refractivity contribution in [2.45, 2.75) is 134 Å². The second-order valence-electron chi connectivity index (χ2n) is 11.0. The number of carboxylic acid groups (broad SMARTS) is 1. The van der Waals surface area contributed by atoms with Crippen LogP contribution >= 0.6 is 0 Å². The maximum absolute atomic E-state index is 13.1. The molecule has 0 heterocycles. The van der Waals surface area contributed by atoms with Crippen LogP contribution in [0.3, 0.4) is 0 Å². The molecule has 2 saturated carbocycles. The van der Waals surface area contributed by atoms with Crippen LogP contribution in [0.15, 0.2) is 24.3 Å². The molecule has 0 spiro atoms. The van der Waals surface area contributed by atoms with Gasteiger partial charge in [0.2, 0.25) is 5.91 Å². The third-order valence-corrected chi connectivity index (χ3v) is 8.37. The number of aliphatic carboxylic acids is 1. The van der Waals surface area contributed by atoms with Gasteiger partial charge >= 0.3 is 5.97 Å². The topological polar surface area (TPSA) is 66.4 Å². The first-order valence-electron chi connectivity index (χ1n) is 14.2. The summed E-state index contributed by atoms with van der Waals surface area (Å²) in [5.41, 5.74) is 2.02. The van der Waals surface area contributed by atoms with E-state index in [0.717, 1.165) is 44.1 Å². The number of nitrogens with one attached hydrogen (secondary N) is 1. The van der Waals surface area contributed by atoms with Crippen molar-refractivity contribution in [3.8, 4) is 0 Å². The van der Waals surface area contributed by atoms with Crippen molar-refractivity contribution in [2.75, 3.05) is 0 Å². The first-order valence-corrected chi connectivity index (χ1v) is 14.2. The monoisotopic (exact) mass is 469 g/mol. The Bertz CT molecular complexity index is 739. The zero-order valence-electron chi connectivity index (χ0n) is 21.5.